The molecule has 0 aliphatic rings. The summed E-state index contributed by atoms with van der Waals surface area (Å²) in [5, 5.41) is 0. The highest BCUT2D eigenvalue weighted by Crippen LogP contribution is 2.22. The van der Waals surface area contributed by atoms with Gasteiger partial charge in [-0.05, 0) is 23.7 Å². The van der Waals surface area contributed by atoms with Gasteiger partial charge in [-0.15, -0.1) is 0 Å². The van der Waals surface area contributed by atoms with E-state index in [1.54, 1.807) is 12.7 Å². The lowest BCUT2D eigenvalue weighted by Crippen LogP contribution is -1.96. The molecule has 0 fully saturated rings. The van der Waals surface area contributed by atoms with Crippen molar-refractivity contribution in [1.29, 1.82) is 0 Å². The van der Waals surface area contributed by atoms with E-state index in [1.807, 2.05) is 27.7 Å². The standard InChI is InChI=1S/2C9H16N2.2C2H6.CH4/c2*1-6(2)8-9(7(3)4)11-5-10-8;2*1-2;/h2*5-7H,1-4H3,(H,10,11);2*1-2H3;1H4. The van der Waals surface area contributed by atoms with E-state index in [-0.39, 0.29) is 7.43 Å². The van der Waals surface area contributed by atoms with Gasteiger partial charge in [-0.3, -0.25) is 0 Å². The van der Waals surface area contributed by atoms with Crippen molar-refractivity contribution < 1.29 is 0 Å². The van der Waals surface area contributed by atoms with Crippen LogP contribution in [-0.2, 0) is 0 Å². The lowest BCUT2D eigenvalue weighted by Gasteiger charge is -2.07. The second-order valence-corrected chi connectivity index (χ2v) is 7.02. The van der Waals surface area contributed by atoms with Gasteiger partial charge in [0.15, 0.2) is 0 Å². The van der Waals surface area contributed by atoms with Gasteiger partial charge >= 0.3 is 0 Å². The van der Waals surface area contributed by atoms with Crippen LogP contribution in [0, 0.1) is 0 Å². The van der Waals surface area contributed by atoms with Gasteiger partial charge in [0.2, 0.25) is 0 Å². The average Bonchev–Trinajstić information content (AvgIpc) is 3.28. The molecule has 2 heterocycles. The molecule has 0 amide bonds. The molecule has 0 radical (unpaired) electrons. The Bertz CT molecular complexity index is 453. The maximum absolute atomic E-state index is 4.28. The van der Waals surface area contributed by atoms with Crippen LogP contribution in [0.25, 0.3) is 0 Å². The molecule has 2 N–H and O–H groups in total. The first kappa shape index (κ1) is 30.2. The molecule has 0 atom stereocenters. The van der Waals surface area contributed by atoms with Crippen molar-refractivity contribution in [3.05, 3.63) is 35.4 Å². The molecule has 0 aliphatic carbocycles. The molecule has 0 saturated heterocycles. The van der Waals surface area contributed by atoms with Crippen molar-refractivity contribution in [2.75, 3.05) is 0 Å². The number of nitrogens with zero attached hydrogens (tertiary/aromatic N) is 2. The molecule has 0 bridgehead atoms. The summed E-state index contributed by atoms with van der Waals surface area (Å²) in [6, 6.07) is 0. The Morgan fingerprint density at radius 1 is 0.556 bits per heavy atom. The summed E-state index contributed by atoms with van der Waals surface area (Å²) in [5.74, 6) is 2.15. The SMILES string of the molecule is C.CC.CC.CC(C)c1nc[nH]c1C(C)C.CC(C)c1nc[nH]c1C(C)C. The van der Waals surface area contributed by atoms with Crippen molar-refractivity contribution in [2.45, 2.75) is 114 Å². The fourth-order valence-electron chi connectivity index (χ4n) is 2.47. The van der Waals surface area contributed by atoms with E-state index in [4.69, 9.17) is 0 Å². The fourth-order valence-corrected chi connectivity index (χ4v) is 2.47. The molecule has 0 aromatic carbocycles. The predicted octanol–water partition coefficient (Wildman–Crippen LogP) is 8.00. The van der Waals surface area contributed by atoms with E-state index in [0.717, 1.165) is 0 Å². The summed E-state index contributed by atoms with van der Waals surface area (Å²) >= 11 is 0. The van der Waals surface area contributed by atoms with Crippen LogP contribution in [0.3, 0.4) is 0 Å². The van der Waals surface area contributed by atoms with Crippen LogP contribution < -0.4 is 0 Å². The smallest absolute Gasteiger partial charge is 0.0925 e. The van der Waals surface area contributed by atoms with E-state index in [1.165, 1.54) is 22.8 Å². The van der Waals surface area contributed by atoms with Crippen LogP contribution in [0.4, 0.5) is 0 Å². The van der Waals surface area contributed by atoms with Gasteiger partial charge in [0.05, 0.1) is 24.0 Å². The summed E-state index contributed by atoms with van der Waals surface area (Å²) < 4.78 is 0. The van der Waals surface area contributed by atoms with Crippen molar-refractivity contribution in [3.8, 4) is 0 Å². The second kappa shape index (κ2) is 16.6. The normalized spacial score (nSPS) is 9.78. The molecule has 2 rings (SSSR count). The second-order valence-electron chi connectivity index (χ2n) is 7.02. The zero-order valence-corrected chi connectivity index (χ0v) is 19.4. The Labute approximate surface area is 170 Å². The van der Waals surface area contributed by atoms with Crippen molar-refractivity contribution >= 4 is 0 Å². The number of hydrogen-bond donors (Lipinski definition) is 2. The largest absolute Gasteiger partial charge is 0.348 e. The lowest BCUT2D eigenvalue weighted by atomic mass is 10.0. The van der Waals surface area contributed by atoms with Crippen LogP contribution in [0.15, 0.2) is 12.7 Å². The Kier molecular flexibility index (Phi) is 18.5. The van der Waals surface area contributed by atoms with Gasteiger partial charge < -0.3 is 9.97 Å². The zero-order valence-electron chi connectivity index (χ0n) is 19.4. The number of aromatic nitrogens is 4. The van der Waals surface area contributed by atoms with E-state index < -0.39 is 0 Å². The molecule has 0 unspecified atom stereocenters. The number of H-pyrrole nitrogens is 2. The molecule has 0 aliphatic heterocycles. The minimum absolute atomic E-state index is 0. The monoisotopic (exact) mass is 380 g/mol. The topological polar surface area (TPSA) is 57.4 Å². The number of aromatic amines is 2. The molecule has 4 nitrogen and oxygen atoms in total. The van der Waals surface area contributed by atoms with Gasteiger partial charge in [0.1, 0.15) is 0 Å². The summed E-state index contributed by atoms with van der Waals surface area (Å²) in [4.78, 5) is 14.9. The third-order valence-corrected chi connectivity index (χ3v) is 3.65. The van der Waals surface area contributed by atoms with E-state index in [0.29, 0.717) is 23.7 Å². The fraction of sp³-hybridized carbons (Fsp3) is 0.739. The first-order valence-corrected chi connectivity index (χ1v) is 10.3. The van der Waals surface area contributed by atoms with Gasteiger partial charge in [-0.1, -0.05) is 90.5 Å². The average molecular weight is 381 g/mol. The first-order valence-electron chi connectivity index (χ1n) is 10.3. The van der Waals surface area contributed by atoms with Crippen LogP contribution in [0.2, 0.25) is 0 Å². The predicted molar refractivity (Wildman–Crippen MR) is 123 cm³/mol. The van der Waals surface area contributed by atoms with E-state index >= 15 is 0 Å². The highest BCUT2D eigenvalue weighted by molar-refractivity contribution is 5.18. The van der Waals surface area contributed by atoms with Crippen molar-refractivity contribution in [1.82, 2.24) is 19.9 Å². The van der Waals surface area contributed by atoms with Crippen LogP contribution >= 0.6 is 0 Å². The zero-order chi connectivity index (χ0) is 20.9. The lowest BCUT2D eigenvalue weighted by molar-refractivity contribution is 0.759. The Hall–Kier alpha value is -1.58. The molecule has 27 heavy (non-hydrogen) atoms. The molecule has 160 valence electrons. The number of hydrogen-bond acceptors (Lipinski definition) is 2. The highest BCUT2D eigenvalue weighted by Gasteiger charge is 2.12. The minimum atomic E-state index is 0. The molecule has 4 heteroatoms. The highest BCUT2D eigenvalue weighted by atomic mass is 14.9. The van der Waals surface area contributed by atoms with E-state index in [2.05, 4.69) is 75.3 Å². The summed E-state index contributed by atoms with van der Waals surface area (Å²) in [7, 11) is 0. The third kappa shape index (κ3) is 10.4. The molecule has 2 aromatic rings. The van der Waals surface area contributed by atoms with E-state index in [9.17, 15) is 0 Å². The minimum Gasteiger partial charge on any atom is -0.348 e. The maximum atomic E-state index is 4.28. The molecule has 2 aromatic heterocycles. The Morgan fingerprint density at radius 3 is 0.963 bits per heavy atom. The molecular weight excluding hydrogens is 332 g/mol. The first-order chi connectivity index (χ1) is 12.3. The van der Waals surface area contributed by atoms with Crippen LogP contribution in [0.5, 0.6) is 0 Å². The number of rotatable bonds is 4. The van der Waals surface area contributed by atoms with Crippen LogP contribution in [-0.4, -0.2) is 19.9 Å². The summed E-state index contributed by atoms with van der Waals surface area (Å²) in [6.07, 6.45) is 3.56. The van der Waals surface area contributed by atoms with Gasteiger partial charge in [-0.2, -0.15) is 0 Å². The van der Waals surface area contributed by atoms with Crippen molar-refractivity contribution in [2.24, 2.45) is 0 Å². The van der Waals surface area contributed by atoms with Gasteiger partial charge in [-0.25, -0.2) is 9.97 Å². The summed E-state index contributed by atoms with van der Waals surface area (Å²) in [5.41, 5.74) is 4.97. The number of nitrogens with one attached hydrogen (secondary N) is 2. The van der Waals surface area contributed by atoms with Crippen molar-refractivity contribution in [3.63, 3.8) is 0 Å². The van der Waals surface area contributed by atoms with Gasteiger partial charge in [0, 0.05) is 11.4 Å². The Morgan fingerprint density at radius 2 is 0.815 bits per heavy atom. The summed E-state index contributed by atoms with van der Waals surface area (Å²) in [6.45, 7) is 25.4. The third-order valence-electron chi connectivity index (χ3n) is 3.65. The quantitative estimate of drug-likeness (QED) is 0.564. The number of imidazole rings is 2. The van der Waals surface area contributed by atoms with Crippen LogP contribution in [0.1, 0.15) is 137 Å². The molecule has 0 saturated carbocycles. The van der Waals surface area contributed by atoms with Gasteiger partial charge in [0.25, 0.3) is 0 Å². The molecule has 0 spiro atoms. The molecular formula is C23H48N4. The Balaban J connectivity index is -0.000000349. The maximum Gasteiger partial charge on any atom is 0.0925 e.